The Hall–Kier alpha value is -2.77. The molecule has 31 heavy (non-hydrogen) atoms. The Balaban J connectivity index is 1.05. The largest absolute Gasteiger partial charge is 0.494 e. The highest BCUT2D eigenvalue weighted by Crippen LogP contribution is 2.34. The minimum Gasteiger partial charge on any atom is -0.494 e. The average molecular weight is 438 g/mol. The number of carbonyl (C=O) groups excluding carboxylic acids is 1. The number of aliphatic imine (C=N–C) groups is 1. The Bertz CT molecular complexity index is 1140. The van der Waals surface area contributed by atoms with E-state index in [0.29, 0.717) is 12.2 Å². The lowest BCUT2D eigenvalue weighted by Gasteiger charge is -2.35. The minimum atomic E-state index is -0.194. The number of nitrogens with zero attached hydrogens (tertiary/aromatic N) is 3. The second kappa shape index (κ2) is 8.77. The monoisotopic (exact) mass is 437 g/mol. The quantitative estimate of drug-likeness (QED) is 0.507. The minimum absolute atomic E-state index is 0.173. The maximum absolute atomic E-state index is 13.7. The molecule has 0 N–H and O–H groups in total. The number of anilines is 1. The van der Waals surface area contributed by atoms with Crippen molar-refractivity contribution >= 4 is 39.2 Å². The highest BCUT2D eigenvalue weighted by Gasteiger charge is 2.20. The molecule has 0 saturated carbocycles. The number of halogens is 1. The number of unbranched alkanes of at least 4 members (excludes halogenated alkanes) is 1. The van der Waals surface area contributed by atoms with Crippen LogP contribution in [0.5, 0.6) is 5.75 Å². The van der Waals surface area contributed by atoms with E-state index in [1.165, 1.54) is 6.07 Å². The van der Waals surface area contributed by atoms with Crippen LogP contribution in [0, 0.1) is 5.82 Å². The number of carbonyl (C=O) groups is 1. The lowest BCUT2D eigenvalue weighted by atomic mass is 10.1. The number of rotatable bonds is 7. The molecule has 3 aromatic rings. The Morgan fingerprint density at radius 2 is 1.94 bits per heavy atom. The van der Waals surface area contributed by atoms with Gasteiger partial charge in [-0.15, -0.1) is 11.3 Å². The third kappa shape index (κ3) is 4.34. The van der Waals surface area contributed by atoms with Gasteiger partial charge in [0.25, 0.3) is 5.91 Å². The first kappa shape index (κ1) is 20.2. The molecule has 0 aliphatic carbocycles. The van der Waals surface area contributed by atoms with Crippen molar-refractivity contribution in [2.75, 3.05) is 44.2 Å². The lowest BCUT2D eigenvalue weighted by molar-refractivity contribution is 0.101. The zero-order valence-electron chi connectivity index (χ0n) is 17.2. The summed E-state index contributed by atoms with van der Waals surface area (Å²) in [5, 5.41) is 3.17. The number of piperazine rings is 1. The molecule has 5 nitrogen and oxygen atoms in total. The van der Waals surface area contributed by atoms with Crippen LogP contribution in [0.3, 0.4) is 0 Å². The third-order valence-electron chi connectivity index (χ3n) is 5.94. The molecule has 0 unspecified atom stereocenters. The van der Waals surface area contributed by atoms with Gasteiger partial charge in [0.05, 0.1) is 17.9 Å². The smallest absolute Gasteiger partial charge is 0.277 e. The Kier molecular flexibility index (Phi) is 5.70. The van der Waals surface area contributed by atoms with Crippen LogP contribution in [0.15, 0.2) is 46.8 Å². The molecular formula is C24H24FN3O2S. The molecule has 0 radical (unpaired) electrons. The molecule has 1 saturated heterocycles. The van der Waals surface area contributed by atoms with E-state index in [1.54, 1.807) is 29.7 Å². The van der Waals surface area contributed by atoms with E-state index in [4.69, 9.17) is 4.74 Å². The predicted molar refractivity (Wildman–Crippen MR) is 124 cm³/mol. The van der Waals surface area contributed by atoms with Gasteiger partial charge in [0, 0.05) is 53.4 Å². The zero-order chi connectivity index (χ0) is 21.2. The van der Waals surface area contributed by atoms with Crippen LogP contribution < -0.4 is 9.64 Å². The molecule has 1 amide bonds. The van der Waals surface area contributed by atoms with Gasteiger partial charge in [0.15, 0.2) is 0 Å². The normalized spacial score (nSPS) is 16.3. The van der Waals surface area contributed by atoms with Crippen molar-refractivity contribution < 1.29 is 13.9 Å². The molecule has 0 spiro atoms. The second-order valence-corrected chi connectivity index (χ2v) is 8.87. The summed E-state index contributed by atoms with van der Waals surface area (Å²) in [5.74, 6) is 0.360. The van der Waals surface area contributed by atoms with Crippen molar-refractivity contribution in [2.45, 2.75) is 12.8 Å². The van der Waals surface area contributed by atoms with Gasteiger partial charge in [-0.05, 0) is 55.8 Å². The number of fused-ring (bicyclic) bond motifs is 2. The van der Waals surface area contributed by atoms with Gasteiger partial charge in [0.1, 0.15) is 11.6 Å². The molecule has 3 heterocycles. The Labute approximate surface area is 184 Å². The zero-order valence-corrected chi connectivity index (χ0v) is 18.0. The topological polar surface area (TPSA) is 45.1 Å². The molecule has 2 aromatic carbocycles. The van der Waals surface area contributed by atoms with Crippen LogP contribution in [-0.2, 0) is 0 Å². The second-order valence-electron chi connectivity index (χ2n) is 7.96. The molecule has 5 rings (SSSR count). The summed E-state index contributed by atoms with van der Waals surface area (Å²) in [6, 6.07) is 10.6. The number of ether oxygens (including phenoxy) is 1. The summed E-state index contributed by atoms with van der Waals surface area (Å²) in [4.78, 5) is 20.3. The van der Waals surface area contributed by atoms with Gasteiger partial charge in [-0.25, -0.2) is 9.38 Å². The predicted octanol–water partition coefficient (Wildman–Crippen LogP) is 4.59. The number of thiophene rings is 1. The standard InChI is InChI=1S/C24H24FN3O2S/c25-18-4-6-23-21(13-18)22(16-31-23)28-10-8-27(9-11-28)7-1-2-12-30-19-5-3-17-15-26-24(29)20(17)14-19/h3-6,13-16H,1-2,7-12H2. The summed E-state index contributed by atoms with van der Waals surface area (Å²) in [6.07, 6.45) is 3.64. The van der Waals surface area contributed by atoms with Gasteiger partial charge >= 0.3 is 0 Å². The molecule has 0 atom stereocenters. The Morgan fingerprint density at radius 3 is 2.81 bits per heavy atom. The van der Waals surface area contributed by atoms with Crippen molar-refractivity contribution in [1.29, 1.82) is 0 Å². The summed E-state index contributed by atoms with van der Waals surface area (Å²) in [7, 11) is 0. The van der Waals surface area contributed by atoms with Gasteiger partial charge in [-0.1, -0.05) is 0 Å². The van der Waals surface area contributed by atoms with Crippen molar-refractivity contribution in [2.24, 2.45) is 4.99 Å². The van der Waals surface area contributed by atoms with Crippen LogP contribution in [0.1, 0.15) is 28.8 Å². The molecule has 7 heteroatoms. The number of amides is 1. The molecule has 2 aliphatic rings. The van der Waals surface area contributed by atoms with E-state index >= 15 is 0 Å². The maximum atomic E-state index is 13.7. The fourth-order valence-electron chi connectivity index (χ4n) is 4.19. The van der Waals surface area contributed by atoms with Crippen LogP contribution >= 0.6 is 11.3 Å². The van der Waals surface area contributed by atoms with Gasteiger partial charge in [-0.3, -0.25) is 9.69 Å². The van der Waals surface area contributed by atoms with E-state index in [9.17, 15) is 9.18 Å². The summed E-state index contributed by atoms with van der Waals surface area (Å²) in [6.45, 7) is 5.64. The molecule has 2 aliphatic heterocycles. The first-order valence-electron chi connectivity index (χ1n) is 10.7. The average Bonchev–Trinajstić information content (AvgIpc) is 3.37. The number of benzene rings is 2. The molecule has 0 bridgehead atoms. The van der Waals surface area contributed by atoms with Crippen molar-refractivity contribution in [1.82, 2.24) is 4.90 Å². The maximum Gasteiger partial charge on any atom is 0.277 e. The number of hydrogen-bond donors (Lipinski definition) is 0. The van der Waals surface area contributed by atoms with Crippen LogP contribution in [-0.4, -0.2) is 56.4 Å². The third-order valence-corrected chi connectivity index (χ3v) is 6.89. The highest BCUT2D eigenvalue weighted by molar-refractivity contribution is 7.17. The van der Waals surface area contributed by atoms with Crippen LogP contribution in [0.2, 0.25) is 0 Å². The summed E-state index contributed by atoms with van der Waals surface area (Å²) >= 11 is 1.68. The lowest BCUT2D eigenvalue weighted by Crippen LogP contribution is -2.46. The highest BCUT2D eigenvalue weighted by atomic mass is 32.1. The fraction of sp³-hybridized carbons (Fsp3) is 0.333. The van der Waals surface area contributed by atoms with Gasteiger partial charge < -0.3 is 9.64 Å². The van der Waals surface area contributed by atoms with Crippen LogP contribution in [0.25, 0.3) is 10.1 Å². The molecule has 1 aromatic heterocycles. The van der Waals surface area contributed by atoms with E-state index in [1.807, 2.05) is 18.2 Å². The molecule has 1 fully saturated rings. The molecular weight excluding hydrogens is 413 g/mol. The van der Waals surface area contributed by atoms with Crippen molar-refractivity contribution in [3.8, 4) is 5.75 Å². The first-order valence-corrected chi connectivity index (χ1v) is 11.5. The summed E-state index contributed by atoms with van der Waals surface area (Å²) in [5.41, 5.74) is 2.64. The van der Waals surface area contributed by atoms with E-state index in [2.05, 4.69) is 20.2 Å². The van der Waals surface area contributed by atoms with E-state index in [0.717, 1.165) is 72.7 Å². The molecule has 160 valence electrons. The van der Waals surface area contributed by atoms with Gasteiger partial charge in [-0.2, -0.15) is 0 Å². The van der Waals surface area contributed by atoms with E-state index in [-0.39, 0.29) is 11.7 Å². The first-order chi connectivity index (χ1) is 15.2. The fourth-order valence-corrected chi connectivity index (χ4v) is 5.15. The van der Waals surface area contributed by atoms with Crippen molar-refractivity contribution in [3.05, 3.63) is 58.7 Å². The van der Waals surface area contributed by atoms with Gasteiger partial charge in [0.2, 0.25) is 0 Å². The summed E-state index contributed by atoms with van der Waals surface area (Å²) < 4.78 is 20.6. The van der Waals surface area contributed by atoms with Crippen molar-refractivity contribution in [3.63, 3.8) is 0 Å². The SMILES string of the molecule is O=C1N=Cc2ccc(OCCCCN3CCN(c4csc5ccc(F)cc45)CC3)cc21. The Morgan fingerprint density at radius 1 is 1.06 bits per heavy atom. The number of hydrogen-bond acceptors (Lipinski definition) is 5. The van der Waals surface area contributed by atoms with Crippen LogP contribution in [0.4, 0.5) is 10.1 Å². The van der Waals surface area contributed by atoms with E-state index < -0.39 is 0 Å².